The largest absolute Gasteiger partial charge is 0.388 e. The lowest BCUT2D eigenvalue weighted by molar-refractivity contribution is 0.175. The third-order valence-corrected chi connectivity index (χ3v) is 3.06. The molecule has 2 aromatic rings. The van der Waals surface area contributed by atoms with Crippen LogP contribution in [-0.4, -0.2) is 10.9 Å². The van der Waals surface area contributed by atoms with Gasteiger partial charge in [0.1, 0.15) is 0 Å². The molecule has 0 aromatic heterocycles. The smallest absolute Gasteiger partial charge is 0.0797 e. The van der Waals surface area contributed by atoms with Crippen molar-refractivity contribution in [3.8, 4) is 11.1 Å². The Bertz CT molecular complexity index is 450. The Kier molecular flexibility index (Phi) is 4.24. The topological polar surface area (TPSA) is 20.2 Å². The van der Waals surface area contributed by atoms with Gasteiger partial charge in [0.15, 0.2) is 0 Å². The molecule has 0 aliphatic rings. The SMILES string of the molecule is OC(CCS)c1ccc(-c2ccccc2)cc1. The molecule has 0 heterocycles. The molecule has 0 aliphatic heterocycles. The first-order valence-corrected chi connectivity index (χ1v) is 6.39. The van der Waals surface area contributed by atoms with Crippen molar-refractivity contribution in [1.29, 1.82) is 0 Å². The number of aliphatic hydroxyl groups excluding tert-OH is 1. The van der Waals surface area contributed by atoms with Crippen LogP contribution in [0, 0.1) is 0 Å². The van der Waals surface area contributed by atoms with E-state index < -0.39 is 6.10 Å². The zero-order chi connectivity index (χ0) is 12.1. The molecule has 1 atom stereocenters. The van der Waals surface area contributed by atoms with Crippen LogP contribution in [0.15, 0.2) is 54.6 Å². The molecule has 2 heteroatoms. The third kappa shape index (κ3) is 3.11. The summed E-state index contributed by atoms with van der Waals surface area (Å²) in [5.41, 5.74) is 3.33. The molecule has 0 aliphatic carbocycles. The van der Waals surface area contributed by atoms with E-state index in [1.54, 1.807) is 0 Å². The van der Waals surface area contributed by atoms with Crippen LogP contribution in [0.3, 0.4) is 0 Å². The summed E-state index contributed by atoms with van der Waals surface area (Å²) in [5, 5.41) is 9.83. The summed E-state index contributed by atoms with van der Waals surface area (Å²) < 4.78 is 0. The Balaban J connectivity index is 2.19. The zero-order valence-corrected chi connectivity index (χ0v) is 10.5. The highest BCUT2D eigenvalue weighted by Gasteiger charge is 2.06. The van der Waals surface area contributed by atoms with Crippen molar-refractivity contribution < 1.29 is 5.11 Å². The Morgan fingerprint density at radius 1 is 0.882 bits per heavy atom. The number of thiol groups is 1. The molecule has 0 spiro atoms. The highest BCUT2D eigenvalue weighted by atomic mass is 32.1. The highest BCUT2D eigenvalue weighted by molar-refractivity contribution is 7.80. The lowest BCUT2D eigenvalue weighted by Crippen LogP contribution is -1.97. The number of rotatable bonds is 4. The molecule has 1 nitrogen and oxygen atoms in total. The Hall–Kier alpha value is -1.25. The molecule has 0 saturated carbocycles. The Morgan fingerprint density at radius 3 is 2.06 bits per heavy atom. The third-order valence-electron chi connectivity index (χ3n) is 2.81. The van der Waals surface area contributed by atoms with Crippen molar-refractivity contribution in [2.24, 2.45) is 0 Å². The second-order valence-corrected chi connectivity index (χ2v) is 4.46. The van der Waals surface area contributed by atoms with Crippen LogP contribution in [0.4, 0.5) is 0 Å². The molecular formula is C15H16OS. The van der Waals surface area contributed by atoms with Gasteiger partial charge in [-0.3, -0.25) is 0 Å². The van der Waals surface area contributed by atoms with E-state index in [4.69, 9.17) is 0 Å². The van der Waals surface area contributed by atoms with Crippen LogP contribution in [0.5, 0.6) is 0 Å². The van der Waals surface area contributed by atoms with Crippen molar-refractivity contribution in [1.82, 2.24) is 0 Å². The molecule has 0 bridgehead atoms. The van der Waals surface area contributed by atoms with E-state index in [2.05, 4.69) is 24.8 Å². The van der Waals surface area contributed by atoms with Crippen molar-refractivity contribution in [3.63, 3.8) is 0 Å². The zero-order valence-electron chi connectivity index (χ0n) is 9.58. The van der Waals surface area contributed by atoms with Crippen LogP contribution < -0.4 is 0 Å². The first kappa shape index (κ1) is 12.2. The maximum Gasteiger partial charge on any atom is 0.0797 e. The van der Waals surface area contributed by atoms with Gasteiger partial charge in [0.2, 0.25) is 0 Å². The predicted molar refractivity (Wildman–Crippen MR) is 75.3 cm³/mol. The first-order valence-electron chi connectivity index (χ1n) is 5.75. The fourth-order valence-electron chi connectivity index (χ4n) is 1.82. The second-order valence-electron chi connectivity index (χ2n) is 4.02. The molecule has 2 aromatic carbocycles. The molecular weight excluding hydrogens is 228 g/mol. The number of aliphatic hydroxyl groups is 1. The van der Waals surface area contributed by atoms with E-state index in [0.717, 1.165) is 5.56 Å². The van der Waals surface area contributed by atoms with Gasteiger partial charge < -0.3 is 5.11 Å². The van der Waals surface area contributed by atoms with E-state index in [0.29, 0.717) is 12.2 Å². The predicted octanol–water partition coefficient (Wildman–Crippen LogP) is 3.71. The van der Waals surface area contributed by atoms with Gasteiger partial charge in [0.25, 0.3) is 0 Å². The van der Waals surface area contributed by atoms with E-state index >= 15 is 0 Å². The van der Waals surface area contributed by atoms with Crippen molar-refractivity contribution in [2.75, 3.05) is 5.75 Å². The molecule has 17 heavy (non-hydrogen) atoms. The molecule has 88 valence electrons. The Morgan fingerprint density at radius 2 is 1.47 bits per heavy atom. The van der Waals surface area contributed by atoms with Gasteiger partial charge in [-0.25, -0.2) is 0 Å². The minimum Gasteiger partial charge on any atom is -0.388 e. The number of hydrogen-bond donors (Lipinski definition) is 2. The lowest BCUT2D eigenvalue weighted by atomic mass is 10.0. The van der Waals surface area contributed by atoms with Crippen molar-refractivity contribution >= 4 is 12.6 Å². The normalized spacial score (nSPS) is 12.4. The summed E-state index contributed by atoms with van der Waals surface area (Å²) >= 11 is 4.13. The minimum atomic E-state index is -0.405. The summed E-state index contributed by atoms with van der Waals surface area (Å²) in [6, 6.07) is 18.3. The molecule has 0 fully saturated rings. The fourth-order valence-corrected chi connectivity index (χ4v) is 2.06. The molecule has 1 N–H and O–H groups in total. The van der Waals surface area contributed by atoms with Gasteiger partial charge in [-0.15, -0.1) is 0 Å². The summed E-state index contributed by atoms with van der Waals surface area (Å²) in [7, 11) is 0. The summed E-state index contributed by atoms with van der Waals surface area (Å²) in [6.07, 6.45) is 0.283. The van der Waals surface area contributed by atoms with Gasteiger partial charge in [-0.2, -0.15) is 12.6 Å². The van der Waals surface area contributed by atoms with Crippen LogP contribution in [0.1, 0.15) is 18.1 Å². The van der Waals surface area contributed by atoms with E-state index in [9.17, 15) is 5.11 Å². The van der Waals surface area contributed by atoms with Gasteiger partial charge in [0.05, 0.1) is 6.10 Å². The fraction of sp³-hybridized carbons (Fsp3) is 0.200. The van der Waals surface area contributed by atoms with Crippen LogP contribution in [0.2, 0.25) is 0 Å². The molecule has 0 saturated heterocycles. The minimum absolute atomic E-state index is 0.405. The summed E-state index contributed by atoms with van der Waals surface area (Å²) in [4.78, 5) is 0. The van der Waals surface area contributed by atoms with Crippen LogP contribution in [0.25, 0.3) is 11.1 Å². The molecule has 2 rings (SSSR count). The van der Waals surface area contributed by atoms with Gasteiger partial charge in [-0.1, -0.05) is 54.6 Å². The maximum absolute atomic E-state index is 9.83. The Labute approximate surface area is 108 Å². The van der Waals surface area contributed by atoms with Crippen LogP contribution in [-0.2, 0) is 0 Å². The van der Waals surface area contributed by atoms with Gasteiger partial charge >= 0.3 is 0 Å². The van der Waals surface area contributed by atoms with Crippen LogP contribution >= 0.6 is 12.6 Å². The summed E-state index contributed by atoms with van der Waals surface area (Å²) in [5.74, 6) is 0.696. The maximum atomic E-state index is 9.83. The monoisotopic (exact) mass is 244 g/mol. The van der Waals surface area contributed by atoms with Crippen molar-refractivity contribution in [3.05, 3.63) is 60.2 Å². The molecule has 0 radical (unpaired) electrons. The highest BCUT2D eigenvalue weighted by Crippen LogP contribution is 2.23. The number of hydrogen-bond acceptors (Lipinski definition) is 2. The van der Waals surface area contributed by atoms with Gasteiger partial charge in [0, 0.05) is 0 Å². The second kappa shape index (κ2) is 5.89. The first-order chi connectivity index (χ1) is 8.31. The average molecular weight is 244 g/mol. The molecule has 0 amide bonds. The lowest BCUT2D eigenvalue weighted by Gasteiger charge is -2.10. The quantitative estimate of drug-likeness (QED) is 0.786. The van der Waals surface area contributed by atoms with E-state index in [-0.39, 0.29) is 0 Å². The number of benzene rings is 2. The van der Waals surface area contributed by atoms with E-state index in [1.807, 2.05) is 42.5 Å². The standard InChI is InChI=1S/C15H16OS/c16-15(10-11-17)14-8-6-13(7-9-14)12-4-2-1-3-5-12/h1-9,15-17H,10-11H2. The van der Waals surface area contributed by atoms with Gasteiger partial charge in [-0.05, 0) is 28.9 Å². The van der Waals surface area contributed by atoms with E-state index in [1.165, 1.54) is 11.1 Å². The molecule has 1 unspecified atom stereocenters. The van der Waals surface area contributed by atoms with Crippen molar-refractivity contribution in [2.45, 2.75) is 12.5 Å². The average Bonchev–Trinajstić information content (AvgIpc) is 2.40. The summed E-state index contributed by atoms with van der Waals surface area (Å²) in [6.45, 7) is 0.